The fourth-order valence-electron chi connectivity index (χ4n) is 1.14. The van der Waals surface area contributed by atoms with Gasteiger partial charge in [-0.15, -0.1) is 0 Å². The quantitative estimate of drug-likeness (QED) is 0.813. The number of alkyl halides is 2. The van der Waals surface area contributed by atoms with Crippen molar-refractivity contribution in [2.24, 2.45) is 5.73 Å². The van der Waals surface area contributed by atoms with Crippen molar-refractivity contribution in [2.45, 2.75) is 25.8 Å². The second-order valence-corrected chi connectivity index (χ2v) is 3.21. The number of rotatable bonds is 4. The number of hydrogen-bond acceptors (Lipinski definition) is 2. The maximum Gasteiger partial charge on any atom is 0.253 e. The molecule has 0 aliphatic rings. The molecule has 1 unspecified atom stereocenters. The molecule has 1 aromatic rings. The Morgan fingerprint density at radius 3 is 2.86 bits per heavy atom. The molecule has 0 saturated heterocycles. The normalized spacial score (nSPS) is 14.8. The molecule has 2 N–H and O–H groups in total. The molecule has 0 amide bonds. The van der Waals surface area contributed by atoms with Gasteiger partial charge in [0, 0.05) is 0 Å². The van der Waals surface area contributed by atoms with Crippen molar-refractivity contribution in [3.05, 3.63) is 29.7 Å². The lowest BCUT2D eigenvalue weighted by atomic mass is 10.1. The van der Waals surface area contributed by atoms with Gasteiger partial charge in [-0.25, -0.2) is 8.78 Å². The van der Waals surface area contributed by atoms with E-state index in [0.717, 1.165) is 5.57 Å². The molecule has 1 rings (SSSR count). The molecule has 78 valence electrons. The molecule has 0 aliphatic carbocycles. The Hall–Kier alpha value is -1.16. The van der Waals surface area contributed by atoms with E-state index in [1.807, 2.05) is 0 Å². The minimum absolute atomic E-state index is 0.179. The first kappa shape index (κ1) is 10.9. The third-order valence-electron chi connectivity index (χ3n) is 1.81. The van der Waals surface area contributed by atoms with Crippen molar-refractivity contribution >= 4 is 6.08 Å². The monoisotopic (exact) mass is 201 g/mol. The predicted molar refractivity (Wildman–Crippen MR) is 51.0 cm³/mol. The Bertz CT molecular complexity index is 293. The zero-order valence-electron chi connectivity index (χ0n) is 7.91. The van der Waals surface area contributed by atoms with E-state index in [2.05, 4.69) is 0 Å². The summed E-state index contributed by atoms with van der Waals surface area (Å²) in [5, 5.41) is 0. The van der Waals surface area contributed by atoms with Crippen molar-refractivity contribution in [3.63, 3.8) is 0 Å². The van der Waals surface area contributed by atoms with Gasteiger partial charge in [0.25, 0.3) is 6.43 Å². The number of hydrogen-bond donors (Lipinski definition) is 1. The van der Waals surface area contributed by atoms with Crippen LogP contribution in [0.25, 0.3) is 6.08 Å². The van der Waals surface area contributed by atoms with Crippen LogP contribution in [0.1, 0.15) is 19.1 Å². The zero-order chi connectivity index (χ0) is 10.6. The molecule has 0 saturated carbocycles. The first-order chi connectivity index (χ1) is 6.59. The second kappa shape index (κ2) is 4.91. The largest absolute Gasteiger partial charge is 0.465 e. The number of halogens is 2. The summed E-state index contributed by atoms with van der Waals surface area (Å²) >= 11 is 0. The molecule has 0 radical (unpaired) electrons. The molecule has 0 fully saturated rings. The molecule has 2 nitrogen and oxygen atoms in total. The average molecular weight is 201 g/mol. The predicted octanol–water partition coefficient (Wildman–Crippen LogP) is 2.67. The van der Waals surface area contributed by atoms with Gasteiger partial charge in [0.2, 0.25) is 0 Å². The Morgan fingerprint density at radius 2 is 2.36 bits per heavy atom. The van der Waals surface area contributed by atoms with Gasteiger partial charge in [-0.3, -0.25) is 0 Å². The summed E-state index contributed by atoms with van der Waals surface area (Å²) in [5.74, 6) is 0.656. The van der Waals surface area contributed by atoms with Crippen LogP contribution in [0.4, 0.5) is 8.78 Å². The molecule has 1 aromatic heterocycles. The van der Waals surface area contributed by atoms with Crippen molar-refractivity contribution in [1.82, 2.24) is 0 Å². The van der Waals surface area contributed by atoms with Gasteiger partial charge in [-0.05, 0) is 31.6 Å². The van der Waals surface area contributed by atoms with Gasteiger partial charge in [-0.2, -0.15) is 0 Å². The standard InChI is InChI=1S/C10H13F2NO/c1-7(6-9(13)10(11)12)5-8-3-2-4-14-8/h2-5,9-10H,6,13H2,1H3/b7-5+. The topological polar surface area (TPSA) is 39.2 Å². The van der Waals surface area contributed by atoms with Gasteiger partial charge in [0.15, 0.2) is 0 Å². The molecule has 1 atom stereocenters. The number of nitrogens with two attached hydrogens (primary N) is 1. The Morgan fingerprint density at radius 1 is 1.64 bits per heavy atom. The summed E-state index contributed by atoms with van der Waals surface area (Å²) in [7, 11) is 0. The Kier molecular flexibility index (Phi) is 3.83. The van der Waals surface area contributed by atoms with Crippen LogP contribution >= 0.6 is 0 Å². The minimum atomic E-state index is -2.48. The highest BCUT2D eigenvalue weighted by Gasteiger charge is 2.15. The van der Waals surface area contributed by atoms with E-state index in [4.69, 9.17) is 10.2 Å². The van der Waals surface area contributed by atoms with Crippen LogP contribution in [0.3, 0.4) is 0 Å². The van der Waals surface area contributed by atoms with Crippen LogP contribution in [-0.2, 0) is 0 Å². The highest BCUT2D eigenvalue weighted by atomic mass is 19.3. The third-order valence-corrected chi connectivity index (χ3v) is 1.81. The lowest BCUT2D eigenvalue weighted by Gasteiger charge is -2.09. The van der Waals surface area contributed by atoms with Crippen LogP contribution < -0.4 is 5.73 Å². The molecular weight excluding hydrogens is 188 g/mol. The molecule has 0 bridgehead atoms. The first-order valence-corrected chi connectivity index (χ1v) is 4.34. The van der Waals surface area contributed by atoms with Crippen molar-refractivity contribution in [2.75, 3.05) is 0 Å². The van der Waals surface area contributed by atoms with Crippen LogP contribution in [0, 0.1) is 0 Å². The summed E-state index contributed by atoms with van der Waals surface area (Å²) in [6.07, 6.45) is 0.946. The van der Waals surface area contributed by atoms with E-state index >= 15 is 0 Å². The van der Waals surface area contributed by atoms with E-state index in [-0.39, 0.29) is 6.42 Å². The fraction of sp³-hybridized carbons (Fsp3) is 0.400. The van der Waals surface area contributed by atoms with E-state index in [1.165, 1.54) is 6.26 Å². The molecule has 1 heterocycles. The first-order valence-electron chi connectivity index (χ1n) is 4.34. The lowest BCUT2D eigenvalue weighted by Crippen LogP contribution is -2.28. The van der Waals surface area contributed by atoms with Gasteiger partial charge >= 0.3 is 0 Å². The summed E-state index contributed by atoms with van der Waals surface area (Å²) in [5.41, 5.74) is 6.01. The van der Waals surface area contributed by atoms with Crippen LogP contribution in [0.5, 0.6) is 0 Å². The van der Waals surface area contributed by atoms with Gasteiger partial charge in [0.1, 0.15) is 5.76 Å². The van der Waals surface area contributed by atoms with E-state index in [1.54, 1.807) is 25.1 Å². The maximum atomic E-state index is 12.1. The number of furan rings is 1. The van der Waals surface area contributed by atoms with E-state index < -0.39 is 12.5 Å². The fourth-order valence-corrected chi connectivity index (χ4v) is 1.14. The Labute approximate surface area is 81.4 Å². The lowest BCUT2D eigenvalue weighted by molar-refractivity contribution is 0.116. The third kappa shape index (κ3) is 3.30. The summed E-state index contributed by atoms with van der Waals surface area (Å²) in [6.45, 7) is 1.75. The van der Waals surface area contributed by atoms with E-state index in [9.17, 15) is 8.78 Å². The molecular formula is C10H13F2NO. The molecule has 0 spiro atoms. The zero-order valence-corrected chi connectivity index (χ0v) is 7.91. The maximum absolute atomic E-state index is 12.1. The highest BCUT2D eigenvalue weighted by molar-refractivity contribution is 5.46. The molecule has 0 aromatic carbocycles. The molecule has 4 heteroatoms. The average Bonchev–Trinajstić information content (AvgIpc) is 2.56. The SMILES string of the molecule is C/C(=C\c1ccco1)CC(N)C(F)F. The highest BCUT2D eigenvalue weighted by Crippen LogP contribution is 2.13. The van der Waals surface area contributed by atoms with Crippen molar-refractivity contribution in [3.8, 4) is 0 Å². The summed E-state index contributed by atoms with van der Waals surface area (Å²) < 4.78 is 29.2. The van der Waals surface area contributed by atoms with Crippen molar-refractivity contribution < 1.29 is 13.2 Å². The van der Waals surface area contributed by atoms with Crippen LogP contribution in [0.2, 0.25) is 0 Å². The van der Waals surface area contributed by atoms with Gasteiger partial charge in [-0.1, -0.05) is 5.57 Å². The second-order valence-electron chi connectivity index (χ2n) is 3.21. The molecule has 0 aliphatic heterocycles. The van der Waals surface area contributed by atoms with Gasteiger partial charge < -0.3 is 10.2 Å². The van der Waals surface area contributed by atoms with Crippen LogP contribution in [-0.4, -0.2) is 12.5 Å². The Balaban J connectivity index is 2.54. The minimum Gasteiger partial charge on any atom is -0.465 e. The smallest absolute Gasteiger partial charge is 0.253 e. The van der Waals surface area contributed by atoms with Crippen LogP contribution in [0.15, 0.2) is 28.4 Å². The van der Waals surface area contributed by atoms with E-state index in [0.29, 0.717) is 5.76 Å². The summed E-state index contributed by atoms with van der Waals surface area (Å²) in [4.78, 5) is 0. The van der Waals surface area contributed by atoms with Gasteiger partial charge in [0.05, 0.1) is 12.3 Å². The van der Waals surface area contributed by atoms with Crippen molar-refractivity contribution in [1.29, 1.82) is 0 Å². The molecule has 14 heavy (non-hydrogen) atoms. The summed E-state index contributed by atoms with van der Waals surface area (Å²) in [6, 6.07) is 2.41.